The number of benzene rings is 2. The van der Waals surface area contributed by atoms with Crippen molar-refractivity contribution in [1.82, 2.24) is 0 Å². The molecule has 0 saturated carbocycles. The van der Waals surface area contributed by atoms with Gasteiger partial charge in [0.05, 0.1) is 17.5 Å². The number of imide groups is 1. The molecule has 3 atom stereocenters. The predicted molar refractivity (Wildman–Crippen MR) is 103 cm³/mol. The highest BCUT2D eigenvalue weighted by molar-refractivity contribution is 6.22. The van der Waals surface area contributed by atoms with Gasteiger partial charge in [-0.3, -0.25) is 19.3 Å². The summed E-state index contributed by atoms with van der Waals surface area (Å²) in [5.41, 5.74) is 1.16. The van der Waals surface area contributed by atoms with Crippen molar-refractivity contribution in [1.29, 1.82) is 0 Å². The zero-order valence-corrected chi connectivity index (χ0v) is 15.3. The lowest BCUT2D eigenvalue weighted by atomic mass is 9.78. The summed E-state index contributed by atoms with van der Waals surface area (Å²) in [4.78, 5) is 39.5. The van der Waals surface area contributed by atoms with Crippen molar-refractivity contribution in [3.8, 4) is 0 Å². The quantitative estimate of drug-likeness (QED) is 0.653. The molecule has 2 aromatic rings. The lowest BCUT2D eigenvalue weighted by Gasteiger charge is -2.22. The first-order chi connectivity index (χ1) is 13.5. The topological polar surface area (TPSA) is 66.5 Å². The molecule has 3 amide bonds. The van der Waals surface area contributed by atoms with Crippen LogP contribution in [0.25, 0.3) is 0 Å². The van der Waals surface area contributed by atoms with Gasteiger partial charge in [0.15, 0.2) is 0 Å². The smallest absolute Gasteiger partial charge is 0.255 e. The summed E-state index contributed by atoms with van der Waals surface area (Å²) in [6.07, 6.45) is 4.48. The Morgan fingerprint density at radius 2 is 1.86 bits per heavy atom. The van der Waals surface area contributed by atoms with Crippen LogP contribution in [0.1, 0.15) is 23.7 Å². The minimum Gasteiger partial charge on any atom is -0.322 e. The van der Waals surface area contributed by atoms with E-state index in [1.165, 1.54) is 35.2 Å². The summed E-state index contributed by atoms with van der Waals surface area (Å²) in [5.74, 6) is -1.93. The van der Waals surface area contributed by atoms with Gasteiger partial charge in [0.1, 0.15) is 5.82 Å². The van der Waals surface area contributed by atoms with Crippen LogP contribution in [0.5, 0.6) is 0 Å². The molecular formula is C22H19FN2O3. The van der Waals surface area contributed by atoms with Crippen molar-refractivity contribution in [2.75, 3.05) is 10.2 Å². The second-order valence-corrected chi connectivity index (χ2v) is 7.18. The number of carbonyl (C=O) groups is 3. The number of amides is 3. The molecule has 5 nitrogen and oxygen atoms in total. The van der Waals surface area contributed by atoms with Gasteiger partial charge >= 0.3 is 0 Å². The van der Waals surface area contributed by atoms with E-state index in [9.17, 15) is 18.8 Å². The zero-order valence-electron chi connectivity index (χ0n) is 15.3. The molecule has 4 rings (SSSR count). The Morgan fingerprint density at radius 1 is 1.11 bits per heavy atom. The molecule has 1 aliphatic carbocycles. The van der Waals surface area contributed by atoms with Gasteiger partial charge in [-0.2, -0.15) is 0 Å². The Balaban J connectivity index is 1.58. The number of nitrogens with one attached hydrogen (secondary N) is 1. The molecule has 142 valence electrons. The van der Waals surface area contributed by atoms with Crippen LogP contribution in [-0.2, 0) is 9.59 Å². The van der Waals surface area contributed by atoms with Gasteiger partial charge in [0.2, 0.25) is 11.8 Å². The van der Waals surface area contributed by atoms with Crippen LogP contribution in [0, 0.1) is 23.6 Å². The summed E-state index contributed by atoms with van der Waals surface area (Å²) >= 11 is 0. The average molecular weight is 378 g/mol. The van der Waals surface area contributed by atoms with Crippen molar-refractivity contribution in [2.24, 2.45) is 17.8 Å². The van der Waals surface area contributed by atoms with Gasteiger partial charge in [-0.05, 0) is 54.8 Å². The van der Waals surface area contributed by atoms with Crippen molar-refractivity contribution < 1.29 is 18.8 Å². The highest BCUT2D eigenvalue weighted by Crippen LogP contribution is 2.40. The maximum Gasteiger partial charge on any atom is 0.255 e. The zero-order chi connectivity index (χ0) is 19.8. The molecule has 0 spiro atoms. The average Bonchev–Trinajstić information content (AvgIpc) is 2.95. The van der Waals surface area contributed by atoms with E-state index >= 15 is 0 Å². The van der Waals surface area contributed by atoms with Gasteiger partial charge in [-0.15, -0.1) is 0 Å². The third kappa shape index (κ3) is 3.11. The van der Waals surface area contributed by atoms with Crippen LogP contribution in [0.2, 0.25) is 0 Å². The van der Waals surface area contributed by atoms with Crippen LogP contribution < -0.4 is 10.2 Å². The van der Waals surface area contributed by atoms with Gasteiger partial charge in [-0.25, -0.2) is 4.39 Å². The van der Waals surface area contributed by atoms with E-state index in [0.717, 1.165) is 0 Å². The third-order valence-electron chi connectivity index (χ3n) is 5.34. The SMILES string of the molecule is C[C@H]1C=CC[C@H]2C(=O)N(c3cccc(C(=O)Nc4ccc(F)cc4)c3)C(=O)[C@H]12. The largest absolute Gasteiger partial charge is 0.322 e. The molecule has 1 N–H and O–H groups in total. The molecule has 6 heteroatoms. The highest BCUT2D eigenvalue weighted by Gasteiger charge is 2.50. The van der Waals surface area contributed by atoms with Crippen molar-refractivity contribution >= 4 is 29.1 Å². The van der Waals surface area contributed by atoms with Crippen molar-refractivity contribution in [2.45, 2.75) is 13.3 Å². The number of rotatable bonds is 3. The van der Waals surface area contributed by atoms with Gasteiger partial charge in [-0.1, -0.05) is 25.1 Å². The first-order valence-corrected chi connectivity index (χ1v) is 9.17. The number of hydrogen-bond acceptors (Lipinski definition) is 3. The first-order valence-electron chi connectivity index (χ1n) is 9.17. The number of hydrogen-bond donors (Lipinski definition) is 1. The normalized spacial score (nSPS) is 23.6. The van der Waals surface area contributed by atoms with E-state index in [-0.39, 0.29) is 29.6 Å². The first kappa shape index (κ1) is 18.1. The molecule has 0 bridgehead atoms. The van der Waals surface area contributed by atoms with Crippen molar-refractivity contribution in [3.05, 3.63) is 72.1 Å². The molecule has 2 aromatic carbocycles. The Morgan fingerprint density at radius 3 is 2.57 bits per heavy atom. The Labute approximate surface area is 161 Å². The monoisotopic (exact) mass is 378 g/mol. The predicted octanol–water partition coefficient (Wildman–Crippen LogP) is 3.78. The maximum absolute atomic E-state index is 13.0. The second-order valence-electron chi connectivity index (χ2n) is 7.18. The number of anilines is 2. The van der Waals surface area contributed by atoms with E-state index in [0.29, 0.717) is 23.4 Å². The van der Waals surface area contributed by atoms with Crippen LogP contribution in [0.4, 0.5) is 15.8 Å². The van der Waals surface area contributed by atoms with E-state index in [1.807, 2.05) is 19.1 Å². The van der Waals surface area contributed by atoms with Crippen LogP contribution in [-0.4, -0.2) is 17.7 Å². The number of nitrogens with zero attached hydrogens (tertiary/aromatic N) is 1. The lowest BCUT2D eigenvalue weighted by Crippen LogP contribution is -2.31. The Hall–Kier alpha value is -3.28. The molecule has 28 heavy (non-hydrogen) atoms. The van der Waals surface area contributed by atoms with Crippen molar-refractivity contribution in [3.63, 3.8) is 0 Å². The van der Waals surface area contributed by atoms with Gasteiger partial charge < -0.3 is 5.32 Å². The second kappa shape index (κ2) is 7.03. The van der Waals surface area contributed by atoms with E-state index in [2.05, 4.69) is 5.32 Å². The summed E-state index contributed by atoms with van der Waals surface area (Å²) in [5, 5.41) is 2.68. The molecular weight excluding hydrogens is 359 g/mol. The maximum atomic E-state index is 13.0. The minimum absolute atomic E-state index is 0.00478. The van der Waals surface area contributed by atoms with E-state index in [4.69, 9.17) is 0 Å². The standard InChI is InChI=1S/C22H19FN2O3/c1-13-4-2-7-18-19(13)22(28)25(21(18)27)17-6-3-5-14(12-17)20(26)24-16-10-8-15(23)9-11-16/h2-6,8-13,18-19H,7H2,1H3,(H,24,26)/t13-,18+,19+/m0/s1. The lowest BCUT2D eigenvalue weighted by molar-refractivity contribution is -0.122. The Kier molecular flexibility index (Phi) is 4.55. The van der Waals surface area contributed by atoms with E-state index in [1.54, 1.807) is 18.2 Å². The molecule has 1 heterocycles. The molecule has 1 saturated heterocycles. The molecule has 0 aromatic heterocycles. The summed E-state index contributed by atoms with van der Waals surface area (Å²) in [6.45, 7) is 1.94. The minimum atomic E-state index is -0.403. The molecule has 1 fully saturated rings. The van der Waals surface area contributed by atoms with Gasteiger partial charge in [0.25, 0.3) is 5.91 Å². The molecule has 0 unspecified atom stereocenters. The number of fused-ring (bicyclic) bond motifs is 1. The fourth-order valence-corrected chi connectivity index (χ4v) is 3.92. The molecule has 1 aliphatic heterocycles. The van der Waals surface area contributed by atoms with Gasteiger partial charge in [0, 0.05) is 11.3 Å². The van der Waals surface area contributed by atoms with Crippen LogP contribution in [0.3, 0.4) is 0 Å². The molecule has 2 aliphatic rings. The summed E-state index contributed by atoms with van der Waals surface area (Å²) < 4.78 is 13.0. The fourth-order valence-electron chi connectivity index (χ4n) is 3.92. The Bertz CT molecular complexity index is 984. The number of carbonyl (C=O) groups excluding carboxylic acids is 3. The van der Waals surface area contributed by atoms with Crippen LogP contribution in [0.15, 0.2) is 60.7 Å². The van der Waals surface area contributed by atoms with E-state index < -0.39 is 11.7 Å². The van der Waals surface area contributed by atoms with Crippen LogP contribution >= 0.6 is 0 Å². The number of allylic oxidation sites excluding steroid dienone is 2. The number of halogens is 1. The summed E-state index contributed by atoms with van der Waals surface area (Å²) in [7, 11) is 0. The third-order valence-corrected chi connectivity index (χ3v) is 5.34. The fraction of sp³-hybridized carbons (Fsp3) is 0.227. The highest BCUT2D eigenvalue weighted by atomic mass is 19.1. The molecule has 0 radical (unpaired) electrons. The summed E-state index contributed by atoms with van der Waals surface area (Å²) in [6, 6.07) is 11.9.